The van der Waals surface area contributed by atoms with Gasteiger partial charge in [-0.2, -0.15) is 0 Å². The fraction of sp³-hybridized carbons (Fsp3) is 0.308. The fourth-order valence-corrected chi connectivity index (χ4v) is 3.97. The molecule has 2 rings (SSSR count). The summed E-state index contributed by atoms with van der Waals surface area (Å²) in [6, 6.07) is 5.05. The van der Waals surface area contributed by atoms with Gasteiger partial charge in [-0.25, -0.2) is 17.8 Å². The van der Waals surface area contributed by atoms with Crippen LogP contribution in [0.5, 0.6) is 0 Å². The van der Waals surface area contributed by atoms with Gasteiger partial charge in [0.2, 0.25) is 0 Å². The molecule has 0 aliphatic carbocycles. The van der Waals surface area contributed by atoms with E-state index in [9.17, 15) is 12.8 Å². The lowest BCUT2D eigenvalue weighted by atomic mass is 10.3. The Bertz CT molecular complexity index is 665. The lowest BCUT2D eigenvalue weighted by Gasteiger charge is -2.02. The van der Waals surface area contributed by atoms with Gasteiger partial charge in [0, 0.05) is 5.38 Å². The maximum absolute atomic E-state index is 13.1. The summed E-state index contributed by atoms with van der Waals surface area (Å²) >= 11 is 1.46. The molecule has 0 bridgehead atoms. The second kappa shape index (κ2) is 5.79. The molecule has 19 heavy (non-hydrogen) atoms. The summed E-state index contributed by atoms with van der Waals surface area (Å²) in [6.45, 7) is 2.05. The molecule has 0 spiro atoms. The van der Waals surface area contributed by atoms with Crippen LogP contribution in [0.15, 0.2) is 34.5 Å². The number of halogens is 1. The topological polar surface area (TPSA) is 47.0 Å². The third-order valence-electron chi connectivity index (χ3n) is 2.56. The minimum Gasteiger partial charge on any atom is -0.245 e. The molecule has 0 saturated heterocycles. The van der Waals surface area contributed by atoms with Crippen molar-refractivity contribution in [2.75, 3.05) is 0 Å². The van der Waals surface area contributed by atoms with Crippen molar-refractivity contribution in [2.24, 2.45) is 0 Å². The average Bonchev–Trinajstić information content (AvgIpc) is 2.76. The summed E-state index contributed by atoms with van der Waals surface area (Å²) in [5.74, 6) is -0.734. The van der Waals surface area contributed by atoms with E-state index < -0.39 is 15.7 Å². The number of aromatic nitrogens is 1. The van der Waals surface area contributed by atoms with Crippen molar-refractivity contribution in [3.8, 4) is 0 Å². The number of hydrogen-bond donors (Lipinski definition) is 0. The summed E-state index contributed by atoms with van der Waals surface area (Å²) in [7, 11) is -3.53. The molecule has 0 saturated carbocycles. The van der Waals surface area contributed by atoms with Gasteiger partial charge in [0.1, 0.15) is 5.82 Å². The van der Waals surface area contributed by atoms with Crippen LogP contribution in [0, 0.1) is 5.82 Å². The number of hydrogen-bond acceptors (Lipinski definition) is 4. The first-order valence-electron chi connectivity index (χ1n) is 5.93. The third kappa shape index (κ3) is 3.61. The SMILES string of the molecule is CCCc1nc(CS(=O)(=O)c2cccc(F)c2)cs1. The van der Waals surface area contributed by atoms with Crippen LogP contribution in [0.4, 0.5) is 4.39 Å². The van der Waals surface area contributed by atoms with Crippen LogP contribution in [0.3, 0.4) is 0 Å². The largest absolute Gasteiger partial charge is 0.245 e. The smallest absolute Gasteiger partial charge is 0.184 e. The standard InChI is InChI=1S/C13H14FNO2S2/c1-2-4-13-15-11(8-18-13)9-19(16,17)12-6-3-5-10(14)7-12/h3,5-8H,2,4,9H2,1H3. The molecule has 0 atom stereocenters. The minimum atomic E-state index is -3.53. The third-order valence-corrected chi connectivity index (χ3v) is 5.16. The number of benzene rings is 1. The Kier molecular flexibility index (Phi) is 4.31. The average molecular weight is 299 g/mol. The molecular formula is C13H14FNO2S2. The lowest BCUT2D eigenvalue weighted by molar-refractivity contribution is 0.589. The number of sulfone groups is 1. The lowest BCUT2D eigenvalue weighted by Crippen LogP contribution is -2.05. The Balaban J connectivity index is 2.21. The van der Waals surface area contributed by atoms with Gasteiger partial charge in [-0.05, 0) is 31.0 Å². The summed E-state index contributed by atoms with van der Waals surface area (Å²) in [6.07, 6.45) is 1.83. The van der Waals surface area contributed by atoms with E-state index in [1.807, 2.05) is 6.92 Å². The van der Waals surface area contributed by atoms with Gasteiger partial charge < -0.3 is 0 Å². The van der Waals surface area contributed by atoms with Crippen molar-refractivity contribution < 1.29 is 12.8 Å². The number of nitrogens with zero attached hydrogens (tertiary/aromatic N) is 1. The van der Waals surface area contributed by atoms with E-state index in [2.05, 4.69) is 4.98 Å². The van der Waals surface area contributed by atoms with E-state index in [0.717, 1.165) is 23.9 Å². The summed E-state index contributed by atoms with van der Waals surface area (Å²) in [5, 5.41) is 2.69. The molecule has 3 nitrogen and oxygen atoms in total. The Labute approximate surface area is 116 Å². The molecule has 0 unspecified atom stereocenters. The maximum Gasteiger partial charge on any atom is 0.184 e. The van der Waals surface area contributed by atoms with Gasteiger partial charge in [-0.1, -0.05) is 13.0 Å². The van der Waals surface area contributed by atoms with Crippen LogP contribution in [0.1, 0.15) is 24.0 Å². The molecule has 6 heteroatoms. The van der Waals surface area contributed by atoms with Gasteiger partial charge >= 0.3 is 0 Å². The fourth-order valence-electron chi connectivity index (χ4n) is 1.68. The summed E-state index contributed by atoms with van der Waals surface area (Å²) in [4.78, 5) is 4.28. The first-order chi connectivity index (χ1) is 9.01. The van der Waals surface area contributed by atoms with E-state index in [1.165, 1.54) is 29.5 Å². The van der Waals surface area contributed by atoms with E-state index in [-0.39, 0.29) is 10.6 Å². The predicted molar refractivity (Wildman–Crippen MR) is 73.4 cm³/mol. The highest BCUT2D eigenvalue weighted by atomic mass is 32.2. The van der Waals surface area contributed by atoms with E-state index in [1.54, 1.807) is 5.38 Å². The second-order valence-electron chi connectivity index (χ2n) is 4.20. The highest BCUT2D eigenvalue weighted by Gasteiger charge is 2.17. The molecule has 102 valence electrons. The highest BCUT2D eigenvalue weighted by molar-refractivity contribution is 7.90. The first-order valence-corrected chi connectivity index (χ1v) is 8.46. The van der Waals surface area contributed by atoms with Gasteiger partial charge in [0.05, 0.1) is 21.3 Å². The van der Waals surface area contributed by atoms with Crippen molar-refractivity contribution in [2.45, 2.75) is 30.4 Å². The molecule has 0 N–H and O–H groups in total. The zero-order chi connectivity index (χ0) is 13.9. The molecule has 1 heterocycles. The van der Waals surface area contributed by atoms with E-state index >= 15 is 0 Å². The van der Waals surface area contributed by atoms with Crippen LogP contribution in [-0.4, -0.2) is 13.4 Å². The van der Waals surface area contributed by atoms with Crippen LogP contribution in [-0.2, 0) is 22.0 Å². The molecule has 0 radical (unpaired) electrons. The Hall–Kier alpha value is -1.27. The van der Waals surface area contributed by atoms with Crippen molar-refractivity contribution in [1.29, 1.82) is 0 Å². The molecule has 0 aliphatic rings. The Morgan fingerprint density at radius 1 is 1.37 bits per heavy atom. The quantitative estimate of drug-likeness (QED) is 0.851. The van der Waals surface area contributed by atoms with Gasteiger partial charge in [-0.15, -0.1) is 11.3 Å². The normalized spacial score (nSPS) is 11.7. The van der Waals surface area contributed by atoms with Crippen LogP contribution >= 0.6 is 11.3 Å². The zero-order valence-corrected chi connectivity index (χ0v) is 12.1. The van der Waals surface area contributed by atoms with Crippen LogP contribution < -0.4 is 0 Å². The molecular weight excluding hydrogens is 285 g/mol. The molecule has 1 aromatic carbocycles. The van der Waals surface area contributed by atoms with E-state index in [4.69, 9.17) is 0 Å². The molecule has 2 aromatic rings. The monoisotopic (exact) mass is 299 g/mol. The number of thiazole rings is 1. The molecule has 0 fully saturated rings. The van der Waals surface area contributed by atoms with Gasteiger partial charge in [0.25, 0.3) is 0 Å². The van der Waals surface area contributed by atoms with Gasteiger partial charge in [-0.3, -0.25) is 0 Å². The van der Waals surface area contributed by atoms with Crippen molar-refractivity contribution in [3.63, 3.8) is 0 Å². The van der Waals surface area contributed by atoms with Crippen molar-refractivity contribution >= 4 is 21.2 Å². The minimum absolute atomic E-state index is 0.00228. The van der Waals surface area contributed by atoms with Gasteiger partial charge in [0.15, 0.2) is 9.84 Å². The first kappa shape index (κ1) is 14.1. The Morgan fingerprint density at radius 2 is 2.16 bits per heavy atom. The number of rotatable bonds is 5. The Morgan fingerprint density at radius 3 is 2.84 bits per heavy atom. The summed E-state index contributed by atoms with van der Waals surface area (Å²) < 4.78 is 37.3. The zero-order valence-electron chi connectivity index (χ0n) is 10.5. The predicted octanol–water partition coefficient (Wildman–Crippen LogP) is 3.21. The second-order valence-corrected chi connectivity index (χ2v) is 7.13. The van der Waals surface area contributed by atoms with Crippen molar-refractivity contribution in [1.82, 2.24) is 4.98 Å². The highest BCUT2D eigenvalue weighted by Crippen LogP contribution is 2.19. The molecule has 0 amide bonds. The van der Waals surface area contributed by atoms with Crippen molar-refractivity contribution in [3.05, 3.63) is 46.2 Å². The van der Waals surface area contributed by atoms with Crippen LogP contribution in [0.2, 0.25) is 0 Å². The number of aryl methyl sites for hydroxylation is 1. The van der Waals surface area contributed by atoms with E-state index in [0.29, 0.717) is 5.69 Å². The molecule has 0 aliphatic heterocycles. The maximum atomic E-state index is 13.1. The molecule has 1 aromatic heterocycles. The summed E-state index contributed by atoms with van der Waals surface area (Å²) in [5.41, 5.74) is 0.526. The van der Waals surface area contributed by atoms with Crippen LogP contribution in [0.25, 0.3) is 0 Å².